The average Bonchev–Trinajstić information content (AvgIpc) is 3.31. The lowest BCUT2D eigenvalue weighted by atomic mass is 9.91. The van der Waals surface area contributed by atoms with Crippen LogP contribution in [0.3, 0.4) is 0 Å². The molecule has 0 heterocycles. The lowest BCUT2D eigenvalue weighted by Crippen LogP contribution is -2.20. The van der Waals surface area contributed by atoms with Crippen LogP contribution in [0.2, 0.25) is 0 Å². The lowest BCUT2D eigenvalue weighted by Gasteiger charge is -2.30. The first-order valence-corrected chi connectivity index (χ1v) is 16.0. The van der Waals surface area contributed by atoms with Crippen LogP contribution in [0, 0.1) is 11.8 Å². The maximum atomic E-state index is 13.8. The van der Waals surface area contributed by atoms with Crippen molar-refractivity contribution in [3.63, 3.8) is 0 Å². The van der Waals surface area contributed by atoms with Crippen LogP contribution in [0.25, 0.3) is 5.31 Å². The van der Waals surface area contributed by atoms with Crippen molar-refractivity contribution in [1.82, 2.24) is 0 Å². The lowest BCUT2D eigenvalue weighted by molar-refractivity contribution is -0.357. The Morgan fingerprint density at radius 3 is 2.09 bits per heavy atom. The summed E-state index contributed by atoms with van der Waals surface area (Å²) >= 11 is 0. The summed E-state index contributed by atoms with van der Waals surface area (Å²) in [7, 11) is -1.49. The van der Waals surface area contributed by atoms with Crippen molar-refractivity contribution < 1.29 is 14.6 Å². The Balaban J connectivity index is 2.52. The number of ether oxygens (including phenoxy) is 1. The first kappa shape index (κ1) is 28.6. The topological polar surface area (TPSA) is 49.4 Å². The fourth-order valence-electron chi connectivity index (χ4n) is 5.33. The van der Waals surface area contributed by atoms with Gasteiger partial charge in [-0.05, 0) is 44.6 Å². The molecule has 3 nitrogen and oxygen atoms in total. The molecule has 2 rings (SSSR count). The third kappa shape index (κ3) is 8.26. The SMILES string of the molecule is CCCC[P+](CCCC)(CCCC)/C(=C\C(=O)[C@@H]1CCCC1/C=C(\[O-])OCC)c1ccccc1. The summed E-state index contributed by atoms with van der Waals surface area (Å²) in [5.74, 6) is -0.172. The van der Waals surface area contributed by atoms with Gasteiger partial charge < -0.3 is 9.84 Å². The summed E-state index contributed by atoms with van der Waals surface area (Å²) in [6.45, 7) is 9.03. The third-order valence-corrected chi connectivity index (χ3v) is 12.2. The van der Waals surface area contributed by atoms with E-state index in [1.165, 1.54) is 67.9 Å². The second kappa shape index (κ2) is 15.4. The van der Waals surface area contributed by atoms with Crippen molar-refractivity contribution in [2.45, 2.75) is 85.5 Å². The van der Waals surface area contributed by atoms with Crippen LogP contribution in [0.1, 0.15) is 91.0 Å². The molecule has 1 unspecified atom stereocenters. The minimum absolute atomic E-state index is 0.00511. The third-order valence-electron chi connectivity index (χ3n) is 7.25. The molecule has 0 aliphatic heterocycles. The molecule has 0 N–H and O–H groups in total. The Labute approximate surface area is 209 Å². The standard InChI is InChI=1S/C30H47O3P/c1-5-9-20-34(21-10-6-2,22-11-7-3)29(25-16-13-12-14-17-25)24-28(31)27-19-15-18-26(27)23-30(32)33-8-4/h12-14,16-17,23-24,26-27H,5-11,15,18-22H2,1-4H3/b29-24-,30-23+/t26?,27-/m1/s1. The van der Waals surface area contributed by atoms with Crippen LogP contribution in [0.4, 0.5) is 0 Å². The quantitative estimate of drug-likeness (QED) is 0.137. The van der Waals surface area contributed by atoms with Gasteiger partial charge in [0.15, 0.2) is 5.78 Å². The summed E-state index contributed by atoms with van der Waals surface area (Å²) < 4.78 is 5.15. The molecule has 1 aliphatic rings. The number of allylic oxidation sites excluding steroid dienone is 2. The van der Waals surface area contributed by atoms with Gasteiger partial charge in [-0.15, -0.1) is 0 Å². The summed E-state index contributed by atoms with van der Waals surface area (Å²) in [4.78, 5) is 13.8. The van der Waals surface area contributed by atoms with E-state index in [1.54, 1.807) is 6.08 Å². The highest BCUT2D eigenvalue weighted by Crippen LogP contribution is 2.70. The minimum Gasteiger partial charge on any atom is -0.614 e. The molecule has 34 heavy (non-hydrogen) atoms. The highest BCUT2D eigenvalue weighted by molar-refractivity contribution is 7.85. The van der Waals surface area contributed by atoms with E-state index in [1.807, 2.05) is 13.0 Å². The van der Waals surface area contributed by atoms with Crippen LogP contribution < -0.4 is 5.11 Å². The Hall–Kier alpha value is -1.60. The van der Waals surface area contributed by atoms with Gasteiger partial charge in [0, 0.05) is 30.8 Å². The van der Waals surface area contributed by atoms with Gasteiger partial charge in [-0.3, -0.25) is 4.79 Å². The molecule has 1 saturated carbocycles. The van der Waals surface area contributed by atoms with E-state index < -0.39 is 7.26 Å². The Bertz CT molecular complexity index is 762. The van der Waals surface area contributed by atoms with Crippen LogP contribution in [0.15, 0.2) is 48.4 Å². The Morgan fingerprint density at radius 1 is 0.971 bits per heavy atom. The van der Waals surface area contributed by atoms with Crippen LogP contribution in [-0.2, 0) is 9.53 Å². The van der Waals surface area contributed by atoms with E-state index in [0.29, 0.717) is 6.61 Å². The van der Waals surface area contributed by atoms with Gasteiger partial charge in [0.25, 0.3) is 0 Å². The number of carbonyl (C=O) groups excluding carboxylic acids is 1. The van der Waals surface area contributed by atoms with Crippen molar-refractivity contribution in [1.29, 1.82) is 0 Å². The van der Waals surface area contributed by atoms with Crippen LogP contribution in [0.5, 0.6) is 0 Å². The molecule has 4 heteroatoms. The number of hydrogen-bond acceptors (Lipinski definition) is 3. The minimum atomic E-state index is -1.49. The van der Waals surface area contributed by atoms with Gasteiger partial charge >= 0.3 is 0 Å². The van der Waals surface area contributed by atoms with Crippen molar-refractivity contribution in [3.05, 3.63) is 54.0 Å². The fourth-order valence-corrected chi connectivity index (χ4v) is 10.6. The molecule has 1 aromatic carbocycles. The highest BCUT2D eigenvalue weighted by atomic mass is 31.2. The monoisotopic (exact) mass is 486 g/mol. The molecule has 0 bridgehead atoms. The van der Waals surface area contributed by atoms with Crippen LogP contribution >= 0.6 is 7.26 Å². The molecular formula is C30H47O3P. The predicted molar refractivity (Wildman–Crippen MR) is 146 cm³/mol. The Kier molecular flexibility index (Phi) is 13.0. The van der Waals surface area contributed by atoms with Gasteiger partial charge in [0.1, 0.15) is 5.31 Å². The summed E-state index contributed by atoms with van der Waals surface area (Å²) in [6, 6.07) is 10.7. The molecule has 0 spiro atoms. The molecule has 1 aliphatic carbocycles. The van der Waals surface area contributed by atoms with Gasteiger partial charge in [-0.25, -0.2) is 0 Å². The maximum absolute atomic E-state index is 13.8. The second-order valence-electron chi connectivity index (χ2n) is 9.79. The van der Waals surface area contributed by atoms with Crippen molar-refractivity contribution in [2.75, 3.05) is 25.1 Å². The Morgan fingerprint density at radius 2 is 1.56 bits per heavy atom. The smallest absolute Gasteiger partial charge is 0.163 e. The van der Waals surface area contributed by atoms with Gasteiger partial charge in [-0.1, -0.05) is 89.8 Å². The first-order chi connectivity index (χ1) is 16.5. The molecule has 1 fully saturated rings. The zero-order valence-electron chi connectivity index (χ0n) is 22.1. The zero-order chi connectivity index (χ0) is 24.8. The highest BCUT2D eigenvalue weighted by Gasteiger charge is 2.42. The van der Waals surface area contributed by atoms with E-state index in [2.05, 4.69) is 51.1 Å². The second-order valence-corrected chi connectivity index (χ2v) is 13.9. The van der Waals surface area contributed by atoms with E-state index in [-0.39, 0.29) is 23.6 Å². The van der Waals surface area contributed by atoms with E-state index in [9.17, 15) is 9.90 Å². The number of benzene rings is 1. The first-order valence-electron chi connectivity index (χ1n) is 13.7. The zero-order valence-corrected chi connectivity index (χ0v) is 23.0. The fraction of sp³-hybridized carbons (Fsp3) is 0.633. The number of hydrogen-bond donors (Lipinski definition) is 0. The predicted octanol–water partition coefficient (Wildman–Crippen LogP) is 7.67. The molecule has 1 aromatic rings. The van der Waals surface area contributed by atoms with E-state index in [4.69, 9.17) is 4.74 Å². The normalized spacial score (nSPS) is 19.4. The summed E-state index contributed by atoms with van der Waals surface area (Å²) in [6.07, 6.45) is 17.4. The van der Waals surface area contributed by atoms with Crippen LogP contribution in [-0.4, -0.2) is 30.9 Å². The largest absolute Gasteiger partial charge is 0.614 e. The van der Waals surface area contributed by atoms with Gasteiger partial charge in [-0.2, -0.15) is 0 Å². The van der Waals surface area contributed by atoms with Gasteiger partial charge in [0.05, 0.1) is 18.5 Å². The summed E-state index contributed by atoms with van der Waals surface area (Å²) in [5.41, 5.74) is 1.23. The maximum Gasteiger partial charge on any atom is 0.163 e. The van der Waals surface area contributed by atoms with E-state index >= 15 is 0 Å². The molecular weight excluding hydrogens is 439 g/mol. The molecule has 0 amide bonds. The van der Waals surface area contributed by atoms with E-state index in [0.717, 1.165) is 19.3 Å². The molecule has 190 valence electrons. The molecule has 0 radical (unpaired) electrons. The number of rotatable bonds is 16. The molecule has 0 aromatic heterocycles. The molecule has 2 atom stereocenters. The van der Waals surface area contributed by atoms with Crippen molar-refractivity contribution in [2.24, 2.45) is 11.8 Å². The average molecular weight is 487 g/mol. The number of carbonyl (C=O) groups is 1. The van der Waals surface area contributed by atoms with Crippen molar-refractivity contribution >= 4 is 18.4 Å². The molecule has 0 saturated heterocycles. The number of ketones is 1. The number of unbranched alkanes of at least 4 members (excludes halogenated alkanes) is 3. The van der Waals surface area contributed by atoms with Crippen molar-refractivity contribution in [3.8, 4) is 0 Å². The van der Waals surface area contributed by atoms with Gasteiger partial charge in [0.2, 0.25) is 0 Å². The summed E-state index contributed by atoms with van der Waals surface area (Å²) in [5, 5.41) is 13.5.